The van der Waals surface area contributed by atoms with Crippen LogP contribution in [0.25, 0.3) is 0 Å². The van der Waals surface area contributed by atoms with Gasteiger partial charge in [-0.3, -0.25) is 4.57 Å². The first-order chi connectivity index (χ1) is 8.95. The third kappa shape index (κ3) is 2.23. The molecule has 0 amide bonds. The van der Waals surface area contributed by atoms with Crippen LogP contribution in [0.1, 0.15) is 26.5 Å². The third-order valence-corrected chi connectivity index (χ3v) is 4.34. The zero-order valence-electron chi connectivity index (χ0n) is 10.8. The highest BCUT2D eigenvalue weighted by Gasteiger charge is 2.52. The zero-order chi connectivity index (χ0) is 14.2. The smallest absolute Gasteiger partial charge is 0.351 e. The van der Waals surface area contributed by atoms with E-state index in [0.29, 0.717) is 6.42 Å². The zero-order valence-corrected chi connectivity index (χ0v) is 11.6. The molecule has 0 saturated carbocycles. The van der Waals surface area contributed by atoms with Crippen molar-refractivity contribution in [1.29, 1.82) is 0 Å². The fourth-order valence-electron chi connectivity index (χ4n) is 2.43. The predicted octanol–water partition coefficient (Wildman–Crippen LogP) is 1.72. The minimum atomic E-state index is -1.32. The Kier molecular flexibility index (Phi) is 3.82. The van der Waals surface area contributed by atoms with Crippen LogP contribution in [0.4, 0.5) is 10.2 Å². The van der Waals surface area contributed by atoms with Gasteiger partial charge in [0, 0.05) is 12.1 Å². The van der Waals surface area contributed by atoms with Crippen LogP contribution in [0.5, 0.6) is 0 Å². The highest BCUT2D eigenvalue weighted by atomic mass is 35.5. The molecule has 0 bridgehead atoms. The first kappa shape index (κ1) is 14.3. The highest BCUT2D eigenvalue weighted by molar-refractivity contribution is 6.18. The molecule has 2 rings (SSSR count). The average Bonchev–Trinajstić information content (AvgIpc) is 2.64. The molecule has 1 aliphatic rings. The average molecular weight is 290 g/mol. The van der Waals surface area contributed by atoms with E-state index in [4.69, 9.17) is 22.1 Å². The Hall–Kier alpha value is -1.14. The maximum atomic E-state index is 14.4. The van der Waals surface area contributed by atoms with Crippen molar-refractivity contribution in [2.24, 2.45) is 5.92 Å². The molecule has 1 saturated heterocycles. The molecular weight excluding hydrogens is 273 g/mol. The van der Waals surface area contributed by atoms with Crippen molar-refractivity contribution in [1.82, 2.24) is 9.55 Å². The van der Waals surface area contributed by atoms with Gasteiger partial charge < -0.3 is 10.5 Å². The summed E-state index contributed by atoms with van der Waals surface area (Å²) in [5.74, 6) is -0.120. The van der Waals surface area contributed by atoms with Crippen molar-refractivity contribution in [3.05, 3.63) is 22.7 Å². The standard InChI is InChI=1S/C12H17ClFN3O2/c1-3-12(6-13)7(2)9(14)10(19-12)17-5-4-8(15)16-11(17)18/h4-5,7,9-10H,3,6H2,1-2H3,(H2,15,16,18)/t7-,9-,10+,12-/m0/s1. The molecule has 1 aliphatic heterocycles. The summed E-state index contributed by atoms with van der Waals surface area (Å²) < 4.78 is 21.3. The molecule has 4 atom stereocenters. The van der Waals surface area contributed by atoms with E-state index in [1.807, 2.05) is 6.92 Å². The normalized spacial score (nSPS) is 34.6. The number of hydrogen-bond acceptors (Lipinski definition) is 4. The number of nitrogen functional groups attached to an aromatic ring is 1. The molecule has 106 valence electrons. The number of hydrogen-bond donors (Lipinski definition) is 1. The van der Waals surface area contributed by atoms with Crippen LogP contribution in [0.15, 0.2) is 17.1 Å². The van der Waals surface area contributed by atoms with Gasteiger partial charge in [-0.05, 0) is 12.5 Å². The molecule has 0 radical (unpaired) electrons. The van der Waals surface area contributed by atoms with Crippen molar-refractivity contribution < 1.29 is 9.13 Å². The fraction of sp³-hybridized carbons (Fsp3) is 0.667. The molecule has 0 unspecified atom stereocenters. The molecule has 2 N–H and O–H groups in total. The number of ether oxygens (including phenoxy) is 1. The van der Waals surface area contributed by atoms with Crippen molar-refractivity contribution in [3.8, 4) is 0 Å². The Labute approximate surface area is 115 Å². The van der Waals surface area contributed by atoms with Crippen LogP contribution in [0, 0.1) is 5.92 Å². The van der Waals surface area contributed by atoms with E-state index in [9.17, 15) is 9.18 Å². The fourth-order valence-corrected chi connectivity index (χ4v) is 2.93. The van der Waals surface area contributed by atoms with Gasteiger partial charge >= 0.3 is 5.69 Å². The van der Waals surface area contributed by atoms with Gasteiger partial charge in [-0.15, -0.1) is 11.6 Å². The van der Waals surface area contributed by atoms with E-state index in [1.165, 1.54) is 12.3 Å². The third-order valence-electron chi connectivity index (χ3n) is 3.89. The summed E-state index contributed by atoms with van der Waals surface area (Å²) in [5, 5.41) is 0. The van der Waals surface area contributed by atoms with Crippen LogP contribution < -0.4 is 11.4 Å². The van der Waals surface area contributed by atoms with E-state index in [0.717, 1.165) is 4.57 Å². The topological polar surface area (TPSA) is 70.1 Å². The lowest BCUT2D eigenvalue weighted by Crippen LogP contribution is -2.37. The SMILES string of the molecule is CC[C@@]1(CCl)O[C@@H](n2ccc(N)nc2=O)[C@@H](F)[C@@H]1C. The Morgan fingerprint density at radius 1 is 1.68 bits per heavy atom. The summed E-state index contributed by atoms with van der Waals surface area (Å²) in [6.07, 6.45) is -0.350. The van der Waals surface area contributed by atoms with E-state index < -0.39 is 29.6 Å². The second kappa shape index (κ2) is 5.09. The molecule has 19 heavy (non-hydrogen) atoms. The molecule has 1 aromatic heterocycles. The van der Waals surface area contributed by atoms with Gasteiger partial charge in [0.15, 0.2) is 12.4 Å². The monoisotopic (exact) mass is 289 g/mol. The number of nitrogens with zero attached hydrogens (tertiary/aromatic N) is 2. The number of halogens is 2. The second-order valence-electron chi connectivity index (χ2n) is 4.84. The molecule has 0 spiro atoms. The van der Waals surface area contributed by atoms with E-state index in [2.05, 4.69) is 4.98 Å². The lowest BCUT2D eigenvalue weighted by atomic mass is 9.87. The van der Waals surface area contributed by atoms with Gasteiger partial charge in [0.2, 0.25) is 0 Å². The summed E-state index contributed by atoms with van der Waals surface area (Å²) in [5.41, 5.74) is 4.03. The molecule has 5 nitrogen and oxygen atoms in total. The van der Waals surface area contributed by atoms with Crippen molar-refractivity contribution in [3.63, 3.8) is 0 Å². The maximum absolute atomic E-state index is 14.4. The summed E-state index contributed by atoms with van der Waals surface area (Å²) in [6.45, 7) is 3.63. The molecule has 1 fully saturated rings. The van der Waals surface area contributed by atoms with Gasteiger partial charge in [-0.25, -0.2) is 9.18 Å². The Balaban J connectivity index is 2.39. The molecular formula is C12H17ClFN3O2. The first-order valence-corrected chi connectivity index (χ1v) is 6.71. The lowest BCUT2D eigenvalue weighted by Gasteiger charge is -2.29. The van der Waals surface area contributed by atoms with Crippen molar-refractivity contribution >= 4 is 17.4 Å². The van der Waals surface area contributed by atoms with Crippen molar-refractivity contribution in [2.45, 2.75) is 38.3 Å². The molecule has 7 heteroatoms. The molecule has 1 aromatic rings. The Morgan fingerprint density at radius 3 is 2.84 bits per heavy atom. The summed E-state index contributed by atoms with van der Waals surface area (Å²) in [7, 11) is 0. The number of nitrogens with two attached hydrogens (primary N) is 1. The highest BCUT2D eigenvalue weighted by Crippen LogP contribution is 2.45. The number of aromatic nitrogens is 2. The van der Waals surface area contributed by atoms with Crippen LogP contribution in [-0.2, 0) is 4.74 Å². The largest absolute Gasteiger partial charge is 0.383 e. The number of anilines is 1. The maximum Gasteiger partial charge on any atom is 0.351 e. The van der Waals surface area contributed by atoms with Crippen LogP contribution >= 0.6 is 11.6 Å². The van der Waals surface area contributed by atoms with E-state index in [-0.39, 0.29) is 11.7 Å². The summed E-state index contributed by atoms with van der Waals surface area (Å²) in [6, 6.07) is 1.44. The van der Waals surface area contributed by atoms with Gasteiger partial charge in [0.1, 0.15) is 5.82 Å². The molecule has 0 aromatic carbocycles. The van der Waals surface area contributed by atoms with Crippen LogP contribution in [-0.4, -0.2) is 27.2 Å². The van der Waals surface area contributed by atoms with Gasteiger partial charge in [-0.1, -0.05) is 13.8 Å². The van der Waals surface area contributed by atoms with Gasteiger partial charge in [-0.2, -0.15) is 4.98 Å². The second-order valence-corrected chi connectivity index (χ2v) is 5.10. The predicted molar refractivity (Wildman–Crippen MR) is 70.8 cm³/mol. The number of rotatable bonds is 3. The van der Waals surface area contributed by atoms with Gasteiger partial charge in [0.25, 0.3) is 0 Å². The van der Waals surface area contributed by atoms with E-state index >= 15 is 0 Å². The summed E-state index contributed by atoms with van der Waals surface area (Å²) >= 11 is 5.93. The van der Waals surface area contributed by atoms with Gasteiger partial charge in [0.05, 0.1) is 11.5 Å². The summed E-state index contributed by atoms with van der Waals surface area (Å²) in [4.78, 5) is 15.3. The van der Waals surface area contributed by atoms with E-state index in [1.54, 1.807) is 6.92 Å². The minimum absolute atomic E-state index is 0.0989. The minimum Gasteiger partial charge on any atom is -0.383 e. The molecule has 2 heterocycles. The Bertz CT molecular complexity index is 518. The quantitative estimate of drug-likeness (QED) is 0.860. The van der Waals surface area contributed by atoms with Crippen LogP contribution in [0.3, 0.4) is 0 Å². The number of alkyl halides is 2. The first-order valence-electron chi connectivity index (χ1n) is 6.17. The molecule has 0 aliphatic carbocycles. The Morgan fingerprint density at radius 2 is 2.37 bits per heavy atom. The van der Waals surface area contributed by atoms with Crippen LogP contribution in [0.2, 0.25) is 0 Å². The lowest BCUT2D eigenvalue weighted by molar-refractivity contribution is -0.0787. The van der Waals surface area contributed by atoms with Crippen molar-refractivity contribution in [2.75, 3.05) is 11.6 Å².